The summed E-state index contributed by atoms with van der Waals surface area (Å²) < 4.78 is 5.58. The molecule has 0 heterocycles. The molecule has 8 nitrogen and oxygen atoms in total. The van der Waals surface area contributed by atoms with E-state index in [1.807, 2.05) is 4.90 Å². The molecule has 1 saturated carbocycles. The van der Waals surface area contributed by atoms with E-state index in [2.05, 4.69) is 0 Å². The first kappa shape index (κ1) is 23.8. The van der Waals surface area contributed by atoms with Gasteiger partial charge in [0.25, 0.3) is 5.69 Å². The Hall–Kier alpha value is -2.48. The van der Waals surface area contributed by atoms with Crippen molar-refractivity contribution in [3.8, 4) is 5.75 Å². The molecule has 1 aliphatic carbocycles. The molecular weight excluding hydrogens is 388 g/mol. The monoisotopic (exact) mass is 420 g/mol. The van der Waals surface area contributed by atoms with Gasteiger partial charge in [-0.3, -0.25) is 19.7 Å². The number of aldehydes is 1. The number of nitrogens with zero attached hydrogens (tertiary/aromatic N) is 2. The fourth-order valence-electron chi connectivity index (χ4n) is 3.92. The van der Waals surface area contributed by atoms with Crippen LogP contribution in [0.2, 0.25) is 0 Å². The average Bonchev–Trinajstić information content (AvgIpc) is 2.76. The second-order valence-corrected chi connectivity index (χ2v) is 7.71. The Morgan fingerprint density at radius 3 is 2.63 bits per heavy atom. The minimum Gasteiger partial charge on any atom is -0.494 e. The van der Waals surface area contributed by atoms with Gasteiger partial charge in [0, 0.05) is 31.7 Å². The molecule has 1 N–H and O–H groups in total. The number of nitro benzene ring substituents is 1. The van der Waals surface area contributed by atoms with Crippen LogP contribution in [0.15, 0.2) is 18.2 Å². The van der Waals surface area contributed by atoms with Gasteiger partial charge in [0.05, 0.1) is 17.1 Å². The summed E-state index contributed by atoms with van der Waals surface area (Å²) in [5, 5.41) is 20.0. The molecule has 0 spiro atoms. The van der Waals surface area contributed by atoms with Gasteiger partial charge in [-0.25, -0.2) is 0 Å². The Morgan fingerprint density at radius 1 is 1.20 bits per heavy atom. The van der Waals surface area contributed by atoms with Gasteiger partial charge in [-0.1, -0.05) is 19.3 Å². The summed E-state index contributed by atoms with van der Waals surface area (Å²) in [5.74, 6) is 0.591. The molecule has 0 aromatic heterocycles. The molecule has 1 fully saturated rings. The topological polar surface area (TPSA) is 110 Å². The third-order valence-corrected chi connectivity index (χ3v) is 5.52. The second-order valence-electron chi connectivity index (χ2n) is 7.71. The molecule has 1 aromatic carbocycles. The van der Waals surface area contributed by atoms with Crippen molar-refractivity contribution in [1.82, 2.24) is 4.90 Å². The first-order valence-electron chi connectivity index (χ1n) is 10.8. The number of amides is 1. The lowest BCUT2D eigenvalue weighted by Crippen LogP contribution is -2.42. The maximum Gasteiger partial charge on any atom is 0.280 e. The number of hydrogen-bond acceptors (Lipinski definition) is 6. The van der Waals surface area contributed by atoms with E-state index in [0.29, 0.717) is 44.1 Å². The maximum atomic E-state index is 12.7. The SMILES string of the molecule is O=Cc1cc(OCCCCCC(=O)N(CCCO)C2CCCCC2)ccc1[N+](=O)[O-]. The Balaban J connectivity index is 1.71. The van der Waals surface area contributed by atoms with Crippen molar-refractivity contribution < 1.29 is 24.4 Å². The van der Waals surface area contributed by atoms with E-state index in [1.54, 1.807) is 0 Å². The van der Waals surface area contributed by atoms with Crippen LogP contribution in [0.4, 0.5) is 5.69 Å². The number of ether oxygens (including phenoxy) is 1. The van der Waals surface area contributed by atoms with Crippen molar-refractivity contribution in [3.05, 3.63) is 33.9 Å². The lowest BCUT2D eigenvalue weighted by Gasteiger charge is -2.34. The lowest BCUT2D eigenvalue weighted by atomic mass is 9.93. The molecular formula is C22H32N2O6. The maximum absolute atomic E-state index is 12.7. The summed E-state index contributed by atoms with van der Waals surface area (Å²) in [4.78, 5) is 35.9. The van der Waals surface area contributed by atoms with Crippen LogP contribution in [-0.4, -0.2) is 52.9 Å². The third kappa shape index (κ3) is 7.40. The number of unbranched alkanes of at least 4 members (excludes halogenated alkanes) is 2. The van der Waals surface area contributed by atoms with Crippen LogP contribution in [-0.2, 0) is 4.79 Å². The molecule has 30 heavy (non-hydrogen) atoms. The number of hydrogen-bond donors (Lipinski definition) is 1. The molecule has 1 aliphatic rings. The largest absolute Gasteiger partial charge is 0.494 e. The lowest BCUT2D eigenvalue weighted by molar-refractivity contribution is -0.385. The van der Waals surface area contributed by atoms with E-state index < -0.39 is 4.92 Å². The molecule has 8 heteroatoms. The first-order chi connectivity index (χ1) is 14.6. The highest BCUT2D eigenvalue weighted by atomic mass is 16.6. The van der Waals surface area contributed by atoms with E-state index in [4.69, 9.17) is 9.84 Å². The molecule has 0 aliphatic heterocycles. The van der Waals surface area contributed by atoms with Gasteiger partial charge in [-0.05, 0) is 50.7 Å². The molecule has 0 atom stereocenters. The predicted octanol–water partition coefficient (Wildman–Crippen LogP) is 3.89. The van der Waals surface area contributed by atoms with E-state index in [1.165, 1.54) is 37.5 Å². The number of carbonyl (C=O) groups is 2. The van der Waals surface area contributed by atoms with Crippen LogP contribution in [0.25, 0.3) is 0 Å². The average molecular weight is 421 g/mol. The summed E-state index contributed by atoms with van der Waals surface area (Å²) in [7, 11) is 0. The van der Waals surface area contributed by atoms with Gasteiger partial charge < -0.3 is 14.7 Å². The van der Waals surface area contributed by atoms with Crippen LogP contribution in [0.5, 0.6) is 5.75 Å². The van der Waals surface area contributed by atoms with Gasteiger partial charge in [0.1, 0.15) is 5.75 Å². The fraction of sp³-hybridized carbons (Fsp3) is 0.636. The van der Waals surface area contributed by atoms with Gasteiger partial charge in [0.2, 0.25) is 5.91 Å². The summed E-state index contributed by atoms with van der Waals surface area (Å²) in [6, 6.07) is 4.44. The fourth-order valence-corrected chi connectivity index (χ4v) is 3.92. The number of rotatable bonds is 13. The highest BCUT2D eigenvalue weighted by molar-refractivity contribution is 5.82. The van der Waals surface area contributed by atoms with E-state index in [9.17, 15) is 19.7 Å². The van der Waals surface area contributed by atoms with Gasteiger partial charge in [-0.2, -0.15) is 0 Å². The Kier molecular flexibility index (Phi) is 10.3. The second kappa shape index (κ2) is 13.0. The van der Waals surface area contributed by atoms with Gasteiger partial charge in [0.15, 0.2) is 6.29 Å². The highest BCUT2D eigenvalue weighted by Gasteiger charge is 2.24. The highest BCUT2D eigenvalue weighted by Crippen LogP contribution is 2.24. The Morgan fingerprint density at radius 2 is 1.97 bits per heavy atom. The molecule has 1 aromatic rings. The number of aliphatic hydroxyl groups is 1. The smallest absolute Gasteiger partial charge is 0.280 e. The third-order valence-electron chi connectivity index (χ3n) is 5.52. The first-order valence-corrected chi connectivity index (χ1v) is 10.8. The van der Waals surface area contributed by atoms with E-state index in [-0.39, 0.29) is 23.8 Å². The minimum atomic E-state index is -0.596. The number of benzene rings is 1. The molecule has 0 bridgehead atoms. The molecule has 166 valence electrons. The molecule has 2 rings (SSSR count). The normalized spacial score (nSPS) is 14.3. The van der Waals surface area contributed by atoms with Crippen molar-refractivity contribution in [2.45, 2.75) is 70.3 Å². The molecule has 0 radical (unpaired) electrons. The number of aliphatic hydroxyl groups excluding tert-OH is 1. The van der Waals surface area contributed by atoms with Crippen LogP contribution in [0.3, 0.4) is 0 Å². The minimum absolute atomic E-state index is 0.00576. The predicted molar refractivity (Wildman–Crippen MR) is 113 cm³/mol. The quantitative estimate of drug-likeness (QED) is 0.224. The summed E-state index contributed by atoms with van der Waals surface area (Å²) in [5.41, 5.74) is -0.242. The van der Waals surface area contributed by atoms with Crippen LogP contribution >= 0.6 is 0 Å². The zero-order chi connectivity index (χ0) is 21.8. The summed E-state index contributed by atoms with van der Waals surface area (Å²) >= 11 is 0. The van der Waals surface area contributed by atoms with Crippen LogP contribution in [0, 0.1) is 10.1 Å². The van der Waals surface area contributed by atoms with Crippen molar-refractivity contribution in [2.75, 3.05) is 19.8 Å². The molecule has 0 saturated heterocycles. The summed E-state index contributed by atoms with van der Waals surface area (Å²) in [6.45, 7) is 1.14. The Bertz CT molecular complexity index is 703. The zero-order valence-electron chi connectivity index (χ0n) is 17.5. The van der Waals surface area contributed by atoms with Crippen LogP contribution < -0.4 is 4.74 Å². The van der Waals surface area contributed by atoms with E-state index in [0.717, 1.165) is 32.1 Å². The van der Waals surface area contributed by atoms with Crippen LogP contribution in [0.1, 0.15) is 74.6 Å². The van der Waals surface area contributed by atoms with Gasteiger partial charge in [-0.15, -0.1) is 0 Å². The van der Waals surface area contributed by atoms with Crippen molar-refractivity contribution >= 4 is 17.9 Å². The van der Waals surface area contributed by atoms with E-state index >= 15 is 0 Å². The van der Waals surface area contributed by atoms with Crippen molar-refractivity contribution in [2.24, 2.45) is 0 Å². The summed E-state index contributed by atoms with van der Waals surface area (Å²) in [6.07, 6.45) is 9.60. The van der Waals surface area contributed by atoms with Gasteiger partial charge >= 0.3 is 0 Å². The standard InChI is InChI=1S/C22H32N2O6/c25-14-7-13-23(19-8-3-1-4-9-19)22(27)10-5-2-6-15-30-20-11-12-21(24(28)29)18(16-20)17-26/h11-12,16-17,19,25H,1-10,13-15H2. The zero-order valence-corrected chi connectivity index (χ0v) is 17.5. The van der Waals surface area contributed by atoms with Crippen molar-refractivity contribution in [1.29, 1.82) is 0 Å². The molecule has 0 unspecified atom stereocenters. The Labute approximate surface area is 177 Å². The molecule has 1 amide bonds. The number of carbonyl (C=O) groups excluding carboxylic acids is 2. The van der Waals surface area contributed by atoms with Crippen molar-refractivity contribution in [3.63, 3.8) is 0 Å². The number of nitro groups is 1.